The van der Waals surface area contributed by atoms with Gasteiger partial charge in [-0.25, -0.2) is 0 Å². The van der Waals surface area contributed by atoms with E-state index in [1.54, 1.807) is 0 Å². The van der Waals surface area contributed by atoms with Crippen LogP contribution >= 0.6 is 0 Å². The minimum atomic E-state index is -1.94. The molecule has 52 heavy (non-hydrogen) atoms. The average Bonchev–Trinajstić information content (AvgIpc) is 3.11. The number of aromatic hydroxyl groups is 1. The summed E-state index contributed by atoms with van der Waals surface area (Å²) in [5, 5.41) is 103. The Morgan fingerprint density at radius 2 is 1.38 bits per heavy atom. The van der Waals surface area contributed by atoms with Gasteiger partial charge in [0.15, 0.2) is 11.5 Å². The molecule has 0 bridgehead atoms. The van der Waals surface area contributed by atoms with Gasteiger partial charge >= 0.3 is 17.7 Å². The van der Waals surface area contributed by atoms with E-state index < -0.39 is 99.1 Å². The van der Waals surface area contributed by atoms with E-state index in [0.717, 1.165) is 6.08 Å². The average molecular weight is 744 g/mol. The number of aliphatic hydroxyl groups is 10. The van der Waals surface area contributed by atoms with Crippen LogP contribution in [0.1, 0.15) is 12.0 Å². The maximum Gasteiger partial charge on any atom is 0.317 e. The number of ether oxygens (including phenoxy) is 8. The summed E-state index contributed by atoms with van der Waals surface area (Å²) < 4.78 is 43.1. The Kier molecular flexibility index (Phi) is 11.8. The molecule has 3 heterocycles. The SMILES string of the molecule is COc1cc(C2=C(OC3OC(COC(=O)CC(=O)O)C(O)C(O)C3O)C=C3C(OC4OC(CO)C(O)C(O)C4O)=CC(O)=CC3[OH+]2)cc(OC)c1O. The van der Waals surface area contributed by atoms with Crippen LogP contribution in [0.4, 0.5) is 0 Å². The van der Waals surface area contributed by atoms with Crippen LogP contribution in [-0.2, 0) is 33.3 Å². The molecule has 20 heteroatoms. The fraction of sp³-hybridized carbons (Fsp3) is 0.500. The number of aliphatic carboxylic acids is 1. The first-order chi connectivity index (χ1) is 24.7. The summed E-state index contributed by atoms with van der Waals surface area (Å²) >= 11 is 0. The highest BCUT2D eigenvalue weighted by molar-refractivity contribution is 5.90. The van der Waals surface area contributed by atoms with E-state index in [9.17, 15) is 55.5 Å². The zero-order chi connectivity index (χ0) is 38.0. The van der Waals surface area contributed by atoms with Crippen molar-refractivity contribution in [3.8, 4) is 17.2 Å². The van der Waals surface area contributed by atoms with Gasteiger partial charge in [0.2, 0.25) is 30.2 Å². The lowest BCUT2D eigenvalue weighted by Crippen LogP contribution is -2.59. The van der Waals surface area contributed by atoms with Crippen LogP contribution < -0.4 is 9.47 Å². The monoisotopic (exact) mass is 743 g/mol. The molecule has 0 radical (unpaired) electrons. The Balaban J connectivity index is 1.54. The molecule has 1 aromatic carbocycles. The van der Waals surface area contributed by atoms with E-state index in [4.69, 9.17) is 38.3 Å². The van der Waals surface area contributed by atoms with Crippen LogP contribution in [0.25, 0.3) is 5.76 Å². The second kappa shape index (κ2) is 15.9. The molecule has 11 N–H and O–H groups in total. The van der Waals surface area contributed by atoms with E-state index in [-0.39, 0.29) is 51.4 Å². The zero-order valence-electron chi connectivity index (χ0n) is 27.5. The Morgan fingerprint density at radius 1 is 0.808 bits per heavy atom. The molecule has 11 unspecified atom stereocenters. The molecular weight excluding hydrogens is 704 g/mol. The van der Waals surface area contributed by atoms with Crippen LogP contribution in [0.3, 0.4) is 0 Å². The van der Waals surface area contributed by atoms with Crippen LogP contribution in [-0.4, -0.2) is 163 Å². The summed E-state index contributed by atoms with van der Waals surface area (Å²) in [5.41, 5.74) is 0.303. The van der Waals surface area contributed by atoms with Gasteiger partial charge in [-0.1, -0.05) is 0 Å². The first-order valence-corrected chi connectivity index (χ1v) is 15.6. The highest BCUT2D eigenvalue weighted by Gasteiger charge is 2.49. The lowest BCUT2D eigenvalue weighted by molar-refractivity contribution is -0.292. The summed E-state index contributed by atoms with van der Waals surface area (Å²) in [6, 6.07) is 2.71. The second-order valence-electron chi connectivity index (χ2n) is 11.9. The minimum Gasteiger partial charge on any atom is -0.571 e. The predicted molar refractivity (Wildman–Crippen MR) is 167 cm³/mol. The van der Waals surface area contributed by atoms with E-state index in [0.29, 0.717) is 0 Å². The second-order valence-corrected chi connectivity index (χ2v) is 11.9. The topological polar surface area (TPSA) is 314 Å². The smallest absolute Gasteiger partial charge is 0.317 e. The van der Waals surface area contributed by atoms with Crippen molar-refractivity contribution in [2.45, 2.75) is 73.9 Å². The molecule has 2 saturated heterocycles. The Hall–Kier alpha value is -4.64. The minimum absolute atomic E-state index is 0.0377. The lowest BCUT2D eigenvalue weighted by atomic mass is 9.96. The maximum atomic E-state index is 11.8. The van der Waals surface area contributed by atoms with Gasteiger partial charge in [-0.05, 0) is 0 Å². The number of hydrogen-bond acceptors (Lipinski definition) is 18. The van der Waals surface area contributed by atoms with Crippen molar-refractivity contribution >= 4 is 17.7 Å². The third kappa shape index (κ3) is 7.89. The van der Waals surface area contributed by atoms with E-state index in [1.807, 2.05) is 0 Å². The van der Waals surface area contributed by atoms with Gasteiger partial charge in [-0.3, -0.25) is 9.59 Å². The van der Waals surface area contributed by atoms with Gasteiger partial charge < -0.3 is 89.0 Å². The van der Waals surface area contributed by atoms with Crippen LogP contribution in [0, 0.1) is 0 Å². The van der Waals surface area contributed by atoms with E-state index >= 15 is 0 Å². The van der Waals surface area contributed by atoms with Crippen LogP contribution in [0.15, 0.2) is 53.2 Å². The van der Waals surface area contributed by atoms with Crippen molar-refractivity contribution < 1.29 is 98.5 Å². The van der Waals surface area contributed by atoms with Crippen molar-refractivity contribution in [3.05, 3.63) is 58.8 Å². The number of esters is 1. The number of rotatable bonds is 12. The molecule has 1 aromatic rings. The number of allylic oxidation sites excluding steroid dienone is 2. The summed E-state index contributed by atoms with van der Waals surface area (Å²) in [4.78, 5) is 22.7. The Labute approximate surface area is 293 Å². The molecule has 20 nitrogen and oxygen atoms in total. The molecule has 0 spiro atoms. The lowest BCUT2D eigenvalue weighted by Gasteiger charge is -2.41. The number of phenols is 1. The molecule has 286 valence electrons. The number of aliphatic hydroxyl groups excluding tert-OH is 8. The molecule has 4 aliphatic rings. The van der Waals surface area contributed by atoms with Gasteiger partial charge in [0, 0.05) is 24.3 Å². The maximum absolute atomic E-state index is 11.8. The van der Waals surface area contributed by atoms with E-state index in [1.165, 1.54) is 38.5 Å². The van der Waals surface area contributed by atoms with Crippen molar-refractivity contribution in [2.75, 3.05) is 27.4 Å². The first-order valence-electron chi connectivity index (χ1n) is 15.6. The van der Waals surface area contributed by atoms with E-state index in [2.05, 4.69) is 4.74 Å². The molecule has 11 atom stereocenters. The fourth-order valence-electron chi connectivity index (χ4n) is 5.69. The molecule has 2 fully saturated rings. The Morgan fingerprint density at radius 3 is 1.96 bits per heavy atom. The van der Waals surface area contributed by atoms with Gasteiger partial charge in [0.1, 0.15) is 73.4 Å². The quantitative estimate of drug-likeness (QED) is 0.0576. The van der Waals surface area contributed by atoms with Gasteiger partial charge in [-0.15, -0.1) is 0 Å². The standard InChI is InChI=1S/C32H38O20/c1-45-16-3-11(4-17(46-2)23(16)38)30-18(50-32-29(44)27(42)25(40)20(52-32)10-47-22(37)8-21(35)36)7-13-14(48-30)5-12(34)6-15(13)49-31-28(43)26(41)24(39)19(9-33)51-31/h3-7,14,19-20,24-29,31-34,38-44H,8-10H2,1-2H3,(H,35,36)/p+1. The first kappa shape index (κ1) is 38.6. The molecule has 5 rings (SSSR count). The summed E-state index contributed by atoms with van der Waals surface area (Å²) in [7, 11) is 2.55. The van der Waals surface area contributed by atoms with Gasteiger partial charge in [0.05, 0.1) is 38.0 Å². The summed E-state index contributed by atoms with van der Waals surface area (Å²) in [5.74, 6) is -3.95. The molecule has 0 amide bonds. The van der Waals surface area contributed by atoms with Crippen LogP contribution in [0.5, 0.6) is 17.2 Å². The van der Waals surface area contributed by atoms with Crippen molar-refractivity contribution in [1.29, 1.82) is 0 Å². The van der Waals surface area contributed by atoms with Crippen molar-refractivity contribution in [2.24, 2.45) is 0 Å². The van der Waals surface area contributed by atoms with Crippen molar-refractivity contribution in [1.82, 2.24) is 0 Å². The highest BCUT2D eigenvalue weighted by atomic mass is 16.7. The predicted octanol–water partition coefficient (Wildman–Crippen LogP) is -3.09. The highest BCUT2D eigenvalue weighted by Crippen LogP contribution is 2.43. The normalized spacial score (nSPS) is 33.0. The number of fused-ring (bicyclic) bond motifs is 1. The number of benzene rings is 1. The molecule has 3 aliphatic heterocycles. The van der Waals surface area contributed by atoms with Crippen molar-refractivity contribution in [3.63, 3.8) is 0 Å². The largest absolute Gasteiger partial charge is 0.571 e. The number of methoxy groups -OCH3 is 2. The number of hydrogen-bond donors (Lipinski definition) is 10. The fourth-order valence-corrected chi connectivity index (χ4v) is 5.69. The third-order valence-corrected chi connectivity index (χ3v) is 8.46. The van der Waals surface area contributed by atoms with Gasteiger partial charge in [-0.2, -0.15) is 0 Å². The molecule has 0 aromatic heterocycles. The number of carbonyl (C=O) groups is 2. The zero-order valence-corrected chi connectivity index (χ0v) is 27.5. The molecule has 1 aliphatic carbocycles. The van der Waals surface area contributed by atoms with Crippen LogP contribution in [0.2, 0.25) is 0 Å². The van der Waals surface area contributed by atoms with Gasteiger partial charge in [0.25, 0.3) is 0 Å². The molecular formula is C32H39O20+. The summed E-state index contributed by atoms with van der Waals surface area (Å²) in [6.45, 7) is -1.49. The Bertz CT molecular complexity index is 1610. The number of carboxylic acid groups (broad SMARTS) is 1. The number of carbonyl (C=O) groups excluding carboxylic acids is 1. The summed E-state index contributed by atoms with van der Waals surface area (Å²) in [6.07, 6.45) is -15.7. The third-order valence-electron chi connectivity index (χ3n) is 8.46. The number of phenolic OH excluding ortho intramolecular Hbond substituents is 1. The molecule has 0 saturated carbocycles. The number of carboxylic acids is 1.